The van der Waals surface area contributed by atoms with Gasteiger partial charge in [-0.3, -0.25) is 4.90 Å². The smallest absolute Gasteiger partial charge is 0.213 e. The van der Waals surface area contributed by atoms with Crippen molar-refractivity contribution in [2.45, 2.75) is 6.54 Å². The van der Waals surface area contributed by atoms with Crippen LogP contribution in [0.4, 0.5) is 0 Å². The normalized spacial score (nSPS) is 18.1. The number of rotatable bonds is 5. The topological polar surface area (TPSA) is 63.4 Å². The third kappa shape index (κ3) is 3.58. The molecule has 0 spiro atoms. The average molecular weight is 212 g/mol. The molecule has 1 aliphatic rings. The van der Waals surface area contributed by atoms with Gasteiger partial charge in [-0.2, -0.15) is 4.98 Å². The number of aromatic nitrogens is 2. The van der Waals surface area contributed by atoms with E-state index >= 15 is 0 Å². The molecule has 1 fully saturated rings. The van der Waals surface area contributed by atoms with Gasteiger partial charge in [0.1, 0.15) is 0 Å². The van der Waals surface area contributed by atoms with Gasteiger partial charge in [-0.25, -0.2) is 0 Å². The van der Waals surface area contributed by atoms with Gasteiger partial charge >= 0.3 is 0 Å². The van der Waals surface area contributed by atoms with E-state index < -0.39 is 0 Å². The highest BCUT2D eigenvalue weighted by Crippen LogP contribution is 1.95. The van der Waals surface area contributed by atoms with Crippen LogP contribution in [-0.2, 0) is 11.3 Å². The molecule has 0 atom stereocenters. The Kier molecular flexibility index (Phi) is 4.07. The van der Waals surface area contributed by atoms with E-state index in [9.17, 15) is 0 Å². The lowest BCUT2D eigenvalue weighted by Crippen LogP contribution is -2.40. The first-order chi connectivity index (χ1) is 7.45. The van der Waals surface area contributed by atoms with E-state index in [0.717, 1.165) is 39.4 Å². The Morgan fingerprint density at radius 3 is 3.00 bits per heavy atom. The second-order valence-corrected chi connectivity index (χ2v) is 3.48. The fraction of sp³-hybridized carbons (Fsp3) is 0.778. The van der Waals surface area contributed by atoms with Crippen LogP contribution in [0.5, 0.6) is 0 Å². The van der Waals surface area contributed by atoms with Gasteiger partial charge in [-0.1, -0.05) is 5.16 Å². The molecule has 0 amide bonds. The van der Waals surface area contributed by atoms with E-state index in [2.05, 4.69) is 24.9 Å². The van der Waals surface area contributed by atoms with E-state index in [1.54, 1.807) is 0 Å². The van der Waals surface area contributed by atoms with Crippen molar-refractivity contribution in [2.24, 2.45) is 0 Å². The van der Waals surface area contributed by atoms with E-state index in [1.165, 1.54) is 6.39 Å². The molecule has 2 rings (SSSR count). The number of ether oxygens (including phenoxy) is 1. The molecule has 0 unspecified atom stereocenters. The number of nitrogens with zero attached hydrogens (tertiary/aromatic N) is 3. The Balaban J connectivity index is 1.54. The van der Waals surface area contributed by atoms with Crippen molar-refractivity contribution >= 4 is 0 Å². The number of morpholine rings is 1. The monoisotopic (exact) mass is 212 g/mol. The molecule has 0 saturated carbocycles. The second-order valence-electron chi connectivity index (χ2n) is 3.48. The molecular weight excluding hydrogens is 196 g/mol. The molecule has 1 aromatic heterocycles. The van der Waals surface area contributed by atoms with Crippen LogP contribution in [0, 0.1) is 0 Å². The van der Waals surface area contributed by atoms with Crippen molar-refractivity contribution < 1.29 is 9.26 Å². The molecule has 1 saturated heterocycles. The maximum atomic E-state index is 5.27. The molecule has 84 valence electrons. The Hall–Kier alpha value is -0.980. The van der Waals surface area contributed by atoms with Crippen LogP contribution >= 0.6 is 0 Å². The minimum absolute atomic E-state index is 0.668. The molecule has 1 aliphatic heterocycles. The minimum Gasteiger partial charge on any atom is -0.379 e. The summed E-state index contributed by atoms with van der Waals surface area (Å²) in [6.07, 6.45) is 1.35. The lowest BCUT2D eigenvalue weighted by molar-refractivity contribution is 0.0384. The third-order valence-corrected chi connectivity index (χ3v) is 2.40. The summed E-state index contributed by atoms with van der Waals surface area (Å²) in [5, 5.41) is 6.99. The van der Waals surface area contributed by atoms with Crippen LogP contribution in [0.1, 0.15) is 5.82 Å². The van der Waals surface area contributed by atoms with Crippen molar-refractivity contribution in [2.75, 3.05) is 39.4 Å². The van der Waals surface area contributed by atoms with Crippen molar-refractivity contribution in [1.82, 2.24) is 20.4 Å². The maximum Gasteiger partial charge on any atom is 0.213 e. The standard InChI is InChI=1S/C9H16N4O2/c1(2-13-3-5-14-6-4-13)10-7-9-11-8-15-12-9/h8,10H,1-7H2. The third-order valence-electron chi connectivity index (χ3n) is 2.40. The molecule has 0 radical (unpaired) electrons. The minimum atomic E-state index is 0.668. The second kappa shape index (κ2) is 5.79. The molecule has 6 heteroatoms. The highest BCUT2D eigenvalue weighted by molar-refractivity contribution is 4.76. The Morgan fingerprint density at radius 1 is 1.40 bits per heavy atom. The van der Waals surface area contributed by atoms with Crippen molar-refractivity contribution in [3.8, 4) is 0 Å². The number of nitrogens with one attached hydrogen (secondary N) is 1. The quantitative estimate of drug-likeness (QED) is 0.663. The van der Waals surface area contributed by atoms with Crippen LogP contribution in [-0.4, -0.2) is 54.4 Å². The van der Waals surface area contributed by atoms with Gasteiger partial charge in [0.15, 0.2) is 5.82 Å². The largest absolute Gasteiger partial charge is 0.379 e. The van der Waals surface area contributed by atoms with Gasteiger partial charge < -0.3 is 14.6 Å². The molecule has 0 aromatic carbocycles. The molecule has 0 aliphatic carbocycles. The summed E-state index contributed by atoms with van der Waals surface area (Å²) in [4.78, 5) is 6.31. The van der Waals surface area contributed by atoms with E-state index in [-0.39, 0.29) is 0 Å². The summed E-state index contributed by atoms with van der Waals surface area (Å²) in [7, 11) is 0. The zero-order valence-corrected chi connectivity index (χ0v) is 8.69. The molecule has 1 aromatic rings. The van der Waals surface area contributed by atoms with Gasteiger partial charge in [0.25, 0.3) is 0 Å². The molecular formula is C9H16N4O2. The first-order valence-corrected chi connectivity index (χ1v) is 5.21. The molecule has 2 heterocycles. The lowest BCUT2D eigenvalue weighted by atomic mass is 10.4. The predicted molar refractivity (Wildman–Crippen MR) is 53.3 cm³/mol. The lowest BCUT2D eigenvalue weighted by Gasteiger charge is -2.26. The molecule has 6 nitrogen and oxygen atoms in total. The van der Waals surface area contributed by atoms with Gasteiger partial charge in [0.05, 0.1) is 19.8 Å². The van der Waals surface area contributed by atoms with Gasteiger partial charge in [-0.05, 0) is 0 Å². The van der Waals surface area contributed by atoms with Crippen molar-refractivity contribution in [1.29, 1.82) is 0 Å². The summed E-state index contributed by atoms with van der Waals surface area (Å²) >= 11 is 0. The van der Waals surface area contributed by atoms with Crippen LogP contribution in [0.3, 0.4) is 0 Å². The number of hydrogen-bond donors (Lipinski definition) is 1. The fourth-order valence-electron chi connectivity index (χ4n) is 1.53. The van der Waals surface area contributed by atoms with Crippen LogP contribution in [0.2, 0.25) is 0 Å². The molecule has 15 heavy (non-hydrogen) atoms. The van der Waals surface area contributed by atoms with Crippen LogP contribution < -0.4 is 5.32 Å². The highest BCUT2D eigenvalue weighted by atomic mass is 16.5. The van der Waals surface area contributed by atoms with Gasteiger partial charge in [0.2, 0.25) is 6.39 Å². The SMILES string of the molecule is c1nc(CNCCN2CCOCC2)no1. The summed E-state index contributed by atoms with van der Waals surface area (Å²) in [6, 6.07) is 0. The van der Waals surface area contributed by atoms with E-state index in [0.29, 0.717) is 12.4 Å². The maximum absolute atomic E-state index is 5.27. The summed E-state index contributed by atoms with van der Waals surface area (Å²) in [5.74, 6) is 0.706. The zero-order chi connectivity index (χ0) is 10.3. The average Bonchev–Trinajstić information content (AvgIpc) is 2.79. The zero-order valence-electron chi connectivity index (χ0n) is 8.69. The first-order valence-electron chi connectivity index (χ1n) is 5.21. The summed E-state index contributed by atoms with van der Waals surface area (Å²) in [5.41, 5.74) is 0. The predicted octanol–water partition coefficient (Wildman–Crippen LogP) is -0.509. The molecule has 0 bridgehead atoms. The van der Waals surface area contributed by atoms with Crippen LogP contribution in [0.25, 0.3) is 0 Å². The van der Waals surface area contributed by atoms with Crippen LogP contribution in [0.15, 0.2) is 10.9 Å². The Labute approximate surface area is 88.6 Å². The fourth-order valence-corrected chi connectivity index (χ4v) is 1.53. The summed E-state index contributed by atoms with van der Waals surface area (Å²) in [6.45, 7) is 6.42. The Morgan fingerprint density at radius 2 is 2.27 bits per heavy atom. The first kappa shape index (κ1) is 10.5. The molecule has 1 N–H and O–H groups in total. The van der Waals surface area contributed by atoms with Crippen molar-refractivity contribution in [3.05, 3.63) is 12.2 Å². The number of hydrogen-bond acceptors (Lipinski definition) is 6. The van der Waals surface area contributed by atoms with E-state index in [4.69, 9.17) is 4.74 Å². The van der Waals surface area contributed by atoms with Gasteiger partial charge in [-0.15, -0.1) is 0 Å². The van der Waals surface area contributed by atoms with E-state index in [1.807, 2.05) is 0 Å². The van der Waals surface area contributed by atoms with Gasteiger partial charge in [0, 0.05) is 26.2 Å². The van der Waals surface area contributed by atoms with Crippen molar-refractivity contribution in [3.63, 3.8) is 0 Å². The summed E-state index contributed by atoms with van der Waals surface area (Å²) < 4.78 is 9.90. The Bertz CT molecular complexity index is 259. The highest BCUT2D eigenvalue weighted by Gasteiger charge is 2.09.